The first-order chi connectivity index (χ1) is 16.2. The Morgan fingerprint density at radius 2 is 1.89 bits per heavy atom. The average Bonchev–Trinajstić information content (AvgIpc) is 2.76. The van der Waals surface area contributed by atoms with Gasteiger partial charge in [-0.2, -0.15) is 0 Å². The van der Waals surface area contributed by atoms with Crippen LogP contribution in [0.4, 0.5) is 5.69 Å². The summed E-state index contributed by atoms with van der Waals surface area (Å²) in [6, 6.07) is 9.01. The number of ketones is 3. The van der Waals surface area contributed by atoms with Gasteiger partial charge in [-0.1, -0.05) is 18.2 Å². The van der Waals surface area contributed by atoms with Gasteiger partial charge in [-0.15, -0.1) is 0 Å². The second-order valence-corrected chi connectivity index (χ2v) is 9.40. The number of hydrogen-bond acceptors (Lipinski definition) is 7. The highest BCUT2D eigenvalue weighted by atomic mass is 16.3. The van der Waals surface area contributed by atoms with Crippen molar-refractivity contribution in [3.63, 3.8) is 0 Å². The minimum atomic E-state index is -0.770. The Labute approximate surface area is 208 Å². The number of anilines is 1. The van der Waals surface area contributed by atoms with Gasteiger partial charge in [0.1, 0.15) is 17.3 Å². The van der Waals surface area contributed by atoms with Crippen molar-refractivity contribution in [3.8, 4) is 16.9 Å². The van der Waals surface area contributed by atoms with Crippen LogP contribution in [0.3, 0.4) is 0 Å². The fourth-order valence-electron chi connectivity index (χ4n) is 5.10. The van der Waals surface area contributed by atoms with Crippen molar-refractivity contribution in [2.45, 2.75) is 46.0 Å². The predicted octanol–water partition coefficient (Wildman–Crippen LogP) is 2.91. The number of benzene rings is 2. The lowest BCUT2D eigenvalue weighted by Gasteiger charge is -2.31. The van der Waals surface area contributed by atoms with E-state index in [0.29, 0.717) is 24.1 Å². The molecule has 0 fully saturated rings. The van der Waals surface area contributed by atoms with E-state index in [2.05, 4.69) is 0 Å². The number of phenolic OH excluding ortho intramolecular Hbond substituents is 1. The molecule has 2 aromatic carbocycles. The predicted molar refractivity (Wildman–Crippen MR) is 137 cm³/mol. The molecule has 0 saturated carbocycles. The Morgan fingerprint density at radius 3 is 2.49 bits per heavy atom. The Hall–Kier alpha value is -3.07. The average molecular weight is 490 g/mol. The monoisotopic (exact) mass is 489 g/mol. The minimum Gasteiger partial charge on any atom is -0.507 e. The van der Waals surface area contributed by atoms with Gasteiger partial charge < -0.3 is 26.5 Å². The highest BCUT2D eigenvalue weighted by Gasteiger charge is 2.35. The van der Waals surface area contributed by atoms with Gasteiger partial charge in [-0.25, -0.2) is 0 Å². The van der Waals surface area contributed by atoms with Crippen LogP contribution in [0.2, 0.25) is 0 Å². The summed E-state index contributed by atoms with van der Waals surface area (Å²) in [5.74, 6) is -2.12. The molecule has 3 unspecified atom stereocenters. The molecule has 3 atom stereocenters. The second kappa shape index (κ2) is 12.1. The number of aromatic hydroxyl groups is 1. The van der Waals surface area contributed by atoms with Crippen LogP contribution >= 0.6 is 0 Å². The largest absolute Gasteiger partial charge is 0.507 e. The molecule has 0 aliphatic heterocycles. The number of aryl methyl sites for hydroxylation is 1. The normalized spacial score (nSPS) is 16.7. The van der Waals surface area contributed by atoms with Crippen molar-refractivity contribution in [2.75, 3.05) is 18.9 Å². The third kappa shape index (κ3) is 6.33. The van der Waals surface area contributed by atoms with Crippen LogP contribution in [0.25, 0.3) is 11.1 Å². The summed E-state index contributed by atoms with van der Waals surface area (Å²) in [7, 11) is 0. The van der Waals surface area contributed by atoms with E-state index in [0.717, 1.165) is 22.3 Å². The maximum atomic E-state index is 13.1. The zero-order valence-corrected chi connectivity index (χ0v) is 20.2. The van der Waals surface area contributed by atoms with Crippen LogP contribution in [0.15, 0.2) is 30.3 Å². The molecule has 1 aliphatic carbocycles. The van der Waals surface area contributed by atoms with Crippen LogP contribution in [0.1, 0.15) is 56.9 Å². The number of nitrogens with two attached hydrogens (primary N) is 1. The number of phenols is 1. The fourth-order valence-corrected chi connectivity index (χ4v) is 5.10. The van der Waals surface area contributed by atoms with E-state index in [9.17, 15) is 29.7 Å². The molecule has 7 N–H and O–H groups in total. The summed E-state index contributed by atoms with van der Waals surface area (Å²) in [5, 5.41) is 29.9. The minimum absolute atomic E-state index is 0. The van der Waals surface area contributed by atoms with E-state index < -0.39 is 12.5 Å². The van der Waals surface area contributed by atoms with Crippen molar-refractivity contribution in [3.05, 3.63) is 47.0 Å². The first-order valence-corrected chi connectivity index (χ1v) is 11.6. The zero-order valence-electron chi connectivity index (χ0n) is 20.2. The molecule has 2 aromatic rings. The Kier molecular flexibility index (Phi) is 9.71. The standard InChI is InChI=1S/C27H33NO6.H2O.2H2/c1-15-3-4-18(13-23(15)28)20-5-6-24(32)27-21(20)11-17(12-26(27)34)10-19(7-8-29)22(14-30)25(33)9-16(2)31;;;/h3-6,13,17,19,22,29-30,32H,7-12,14,28H2,1-2H3;1H2;2*1H. The zero-order chi connectivity index (χ0) is 25.0. The summed E-state index contributed by atoms with van der Waals surface area (Å²) in [6.07, 6.45) is 1.16. The van der Waals surface area contributed by atoms with Gasteiger partial charge in [0.15, 0.2) is 5.78 Å². The summed E-state index contributed by atoms with van der Waals surface area (Å²) >= 11 is 0. The van der Waals surface area contributed by atoms with Crippen molar-refractivity contribution >= 4 is 23.0 Å². The van der Waals surface area contributed by atoms with E-state index in [1.54, 1.807) is 6.07 Å². The maximum absolute atomic E-state index is 13.1. The van der Waals surface area contributed by atoms with Gasteiger partial charge in [-0.3, -0.25) is 14.4 Å². The van der Waals surface area contributed by atoms with E-state index in [-0.39, 0.29) is 69.1 Å². The number of carbonyl (C=O) groups is 3. The van der Waals surface area contributed by atoms with Gasteiger partial charge in [0.2, 0.25) is 0 Å². The molecular weight excluding hydrogens is 450 g/mol. The maximum Gasteiger partial charge on any atom is 0.167 e. The molecule has 0 radical (unpaired) electrons. The van der Waals surface area contributed by atoms with Crippen molar-refractivity contribution in [1.82, 2.24) is 0 Å². The topological polar surface area (TPSA) is 169 Å². The number of nitrogen functional groups attached to an aromatic ring is 1. The van der Waals surface area contributed by atoms with Crippen LogP contribution < -0.4 is 5.73 Å². The number of aliphatic hydroxyl groups is 2. The Bertz CT molecular complexity index is 1110. The number of hydrogen-bond donors (Lipinski definition) is 4. The molecule has 194 valence electrons. The quantitative estimate of drug-likeness (QED) is 0.294. The summed E-state index contributed by atoms with van der Waals surface area (Å²) < 4.78 is 0. The van der Waals surface area contributed by atoms with Gasteiger partial charge in [0, 0.05) is 27.5 Å². The van der Waals surface area contributed by atoms with Crippen LogP contribution in [-0.4, -0.2) is 51.4 Å². The fraction of sp³-hybridized carbons (Fsp3) is 0.444. The molecule has 35 heavy (non-hydrogen) atoms. The molecule has 3 rings (SSSR count). The molecule has 0 aromatic heterocycles. The van der Waals surface area contributed by atoms with Gasteiger partial charge in [0.25, 0.3) is 0 Å². The summed E-state index contributed by atoms with van der Waals surface area (Å²) in [6.45, 7) is 2.66. The second-order valence-electron chi connectivity index (χ2n) is 9.40. The smallest absolute Gasteiger partial charge is 0.167 e. The van der Waals surface area contributed by atoms with Crippen molar-refractivity contribution in [2.24, 2.45) is 17.8 Å². The van der Waals surface area contributed by atoms with E-state index in [4.69, 9.17) is 5.73 Å². The molecule has 1 aliphatic rings. The lowest BCUT2D eigenvalue weighted by Crippen LogP contribution is -2.32. The number of rotatable bonds is 10. The van der Waals surface area contributed by atoms with Crippen LogP contribution in [0, 0.1) is 24.7 Å². The van der Waals surface area contributed by atoms with Gasteiger partial charge in [-0.05, 0) is 79.3 Å². The molecular formula is C27H39NO7. The SMILES string of the molecule is CC(=O)CC(=O)C(CO)C(CCO)CC1CC(=O)c2c(O)ccc(-c3ccc(C)c(N)c3)c2C1.O.[HH].[HH]. The van der Waals surface area contributed by atoms with Crippen molar-refractivity contribution in [1.29, 1.82) is 0 Å². The molecule has 0 heterocycles. The number of carbonyl (C=O) groups excluding carboxylic acids is 3. The molecule has 8 nitrogen and oxygen atoms in total. The van der Waals surface area contributed by atoms with Gasteiger partial charge >= 0.3 is 0 Å². The number of aliphatic hydroxyl groups excluding tert-OH is 2. The van der Waals surface area contributed by atoms with Crippen molar-refractivity contribution < 1.29 is 38.0 Å². The third-order valence-corrected chi connectivity index (χ3v) is 6.87. The highest BCUT2D eigenvalue weighted by molar-refractivity contribution is 6.03. The molecule has 8 heteroatoms. The lowest BCUT2D eigenvalue weighted by atomic mass is 9.72. The first-order valence-electron chi connectivity index (χ1n) is 11.6. The highest BCUT2D eigenvalue weighted by Crippen LogP contribution is 2.41. The van der Waals surface area contributed by atoms with E-state index in [1.807, 2.05) is 25.1 Å². The lowest BCUT2D eigenvalue weighted by molar-refractivity contribution is -0.131. The van der Waals surface area contributed by atoms with Gasteiger partial charge in [0.05, 0.1) is 18.6 Å². The van der Waals surface area contributed by atoms with Crippen LogP contribution in [-0.2, 0) is 16.0 Å². The summed E-state index contributed by atoms with van der Waals surface area (Å²) in [5.41, 5.74) is 10.4. The third-order valence-electron chi connectivity index (χ3n) is 6.87. The number of fused-ring (bicyclic) bond motifs is 1. The summed E-state index contributed by atoms with van der Waals surface area (Å²) in [4.78, 5) is 37.1. The molecule has 0 saturated heterocycles. The number of Topliss-reactive ketones (excluding diaryl/α,β-unsaturated/α-hetero) is 3. The first kappa shape index (κ1) is 28.2. The van der Waals surface area contributed by atoms with Crippen LogP contribution in [0.5, 0.6) is 5.75 Å². The molecule has 0 amide bonds. The van der Waals surface area contributed by atoms with E-state index >= 15 is 0 Å². The Balaban J connectivity index is 0.00000432. The Morgan fingerprint density at radius 1 is 1.17 bits per heavy atom. The molecule has 0 bridgehead atoms. The molecule has 0 spiro atoms. The van der Waals surface area contributed by atoms with E-state index in [1.165, 1.54) is 13.0 Å².